The number of halogens is 3. The van der Waals surface area contributed by atoms with Crippen molar-refractivity contribution < 1.29 is 28.2 Å². The molecule has 4 rings (SSSR count). The van der Waals surface area contributed by atoms with Gasteiger partial charge in [0.1, 0.15) is 5.82 Å². The molecule has 148 valence electrons. The van der Waals surface area contributed by atoms with Crippen LogP contribution in [0.3, 0.4) is 0 Å². The normalized spacial score (nSPS) is 35.0. The highest BCUT2D eigenvalue weighted by atomic mass is 19.4. The van der Waals surface area contributed by atoms with Crippen molar-refractivity contribution in [2.75, 3.05) is 29.4 Å². The minimum absolute atomic E-state index is 0.0403. The molecule has 0 amide bonds. The zero-order chi connectivity index (χ0) is 19.7. The van der Waals surface area contributed by atoms with Gasteiger partial charge in [-0.25, -0.2) is 4.98 Å². The Bertz CT molecular complexity index is 773. The summed E-state index contributed by atoms with van der Waals surface area (Å²) in [7, 11) is 0. The third kappa shape index (κ3) is 3.09. The Hall–Kier alpha value is -2.10. The van der Waals surface area contributed by atoms with E-state index < -0.39 is 23.4 Å². The lowest BCUT2D eigenvalue weighted by Crippen LogP contribution is -2.67. The minimum atomic E-state index is -4.60. The van der Waals surface area contributed by atoms with Gasteiger partial charge in [-0.05, 0) is 31.6 Å². The maximum Gasteiger partial charge on any atom is 0.433 e. The zero-order valence-electron chi connectivity index (χ0n) is 14.9. The van der Waals surface area contributed by atoms with Crippen LogP contribution in [0.1, 0.15) is 26.0 Å². The number of carboxylic acids is 1. The van der Waals surface area contributed by atoms with Gasteiger partial charge in [-0.1, -0.05) is 0 Å². The van der Waals surface area contributed by atoms with Crippen LogP contribution in [-0.2, 0) is 11.0 Å². The van der Waals surface area contributed by atoms with Crippen molar-refractivity contribution in [1.29, 1.82) is 0 Å². The number of β-amino-alcohol motifs (C(OH)–C–C–N with tert-alkyl or cyclic N) is 1. The number of hydrogen-bond donors (Lipinski definition) is 2. The zero-order valence-corrected chi connectivity index (χ0v) is 14.9. The first-order valence-corrected chi connectivity index (χ1v) is 8.89. The van der Waals surface area contributed by atoms with E-state index in [0.717, 1.165) is 6.07 Å². The molecule has 3 aliphatic rings. The van der Waals surface area contributed by atoms with Crippen LogP contribution in [0.2, 0.25) is 0 Å². The number of aliphatic carboxylic acids is 1. The van der Waals surface area contributed by atoms with E-state index in [1.54, 1.807) is 23.6 Å². The highest BCUT2D eigenvalue weighted by molar-refractivity contribution is 5.68. The highest BCUT2D eigenvalue weighted by Gasteiger charge is 2.56. The Morgan fingerprint density at radius 1 is 1.33 bits per heavy atom. The smallest absolute Gasteiger partial charge is 0.433 e. The summed E-state index contributed by atoms with van der Waals surface area (Å²) in [6.45, 7) is 4.52. The molecule has 0 radical (unpaired) electrons. The van der Waals surface area contributed by atoms with E-state index in [1.807, 2.05) is 0 Å². The Kier molecular flexibility index (Phi) is 3.86. The van der Waals surface area contributed by atoms with Crippen LogP contribution >= 0.6 is 0 Å². The van der Waals surface area contributed by atoms with Crippen molar-refractivity contribution >= 4 is 17.7 Å². The summed E-state index contributed by atoms with van der Waals surface area (Å²) in [6.07, 6.45) is -4.50. The van der Waals surface area contributed by atoms with Crippen LogP contribution in [0, 0.1) is 17.8 Å². The monoisotopic (exact) mass is 386 g/mol. The molecule has 7 nitrogen and oxygen atoms in total. The first-order valence-electron chi connectivity index (χ1n) is 8.89. The average molecular weight is 386 g/mol. The van der Waals surface area contributed by atoms with Gasteiger partial charge in [-0.2, -0.15) is 18.2 Å². The minimum Gasteiger partial charge on any atom is -0.481 e. The lowest BCUT2D eigenvalue weighted by atomic mass is 9.87. The molecular formula is C17H21F3N4O3. The predicted molar refractivity (Wildman–Crippen MR) is 89.4 cm³/mol. The molecule has 27 heavy (non-hydrogen) atoms. The summed E-state index contributed by atoms with van der Waals surface area (Å²) in [6, 6.07) is 0.559. The molecule has 1 aromatic rings. The lowest BCUT2D eigenvalue weighted by molar-refractivity contribution is -0.141. The van der Waals surface area contributed by atoms with Crippen molar-refractivity contribution in [2.24, 2.45) is 17.8 Å². The number of fused-ring (bicyclic) bond motifs is 1. The van der Waals surface area contributed by atoms with Gasteiger partial charge in [-0.3, -0.25) is 4.79 Å². The molecule has 3 heterocycles. The number of aromatic nitrogens is 2. The lowest BCUT2D eigenvalue weighted by Gasteiger charge is -2.51. The number of rotatable bonds is 4. The average Bonchev–Trinajstić information content (AvgIpc) is 3.01. The summed E-state index contributed by atoms with van der Waals surface area (Å²) in [5, 5.41) is 19.0. The highest BCUT2D eigenvalue weighted by Crippen LogP contribution is 2.54. The first kappa shape index (κ1) is 18.3. The maximum absolute atomic E-state index is 13.3. The number of aliphatic hydroxyl groups is 1. The van der Waals surface area contributed by atoms with Crippen molar-refractivity contribution in [2.45, 2.75) is 38.1 Å². The van der Waals surface area contributed by atoms with Gasteiger partial charge in [0, 0.05) is 25.6 Å². The quantitative estimate of drug-likeness (QED) is 0.813. The summed E-state index contributed by atoms with van der Waals surface area (Å²) >= 11 is 0. The number of hydrogen-bond acceptors (Lipinski definition) is 6. The summed E-state index contributed by atoms with van der Waals surface area (Å²) in [5.41, 5.74) is -2.00. The van der Waals surface area contributed by atoms with Gasteiger partial charge in [0.05, 0.1) is 18.2 Å². The summed E-state index contributed by atoms with van der Waals surface area (Å²) in [5.74, 6) is -0.194. The van der Waals surface area contributed by atoms with Gasteiger partial charge in [0.25, 0.3) is 0 Å². The van der Waals surface area contributed by atoms with Crippen LogP contribution < -0.4 is 9.80 Å². The molecule has 0 spiro atoms. The van der Waals surface area contributed by atoms with E-state index in [2.05, 4.69) is 9.97 Å². The molecule has 1 aliphatic carbocycles. The van der Waals surface area contributed by atoms with Crippen molar-refractivity contribution in [1.82, 2.24) is 9.97 Å². The molecular weight excluding hydrogens is 365 g/mol. The second-order valence-electron chi connectivity index (χ2n) is 8.06. The largest absolute Gasteiger partial charge is 0.481 e. The van der Waals surface area contributed by atoms with Crippen molar-refractivity contribution in [3.05, 3.63) is 11.8 Å². The second kappa shape index (κ2) is 5.70. The summed E-state index contributed by atoms with van der Waals surface area (Å²) in [4.78, 5) is 22.2. The molecule has 0 bridgehead atoms. The van der Waals surface area contributed by atoms with E-state index in [-0.39, 0.29) is 48.5 Å². The van der Waals surface area contributed by atoms with Crippen molar-refractivity contribution in [3.8, 4) is 0 Å². The molecule has 3 fully saturated rings. The number of carbonyl (C=O) groups is 1. The molecule has 1 aromatic heterocycles. The molecule has 10 heteroatoms. The van der Waals surface area contributed by atoms with E-state index in [0.29, 0.717) is 13.1 Å². The molecule has 2 saturated heterocycles. The predicted octanol–water partition coefficient (Wildman–Crippen LogP) is 1.61. The summed E-state index contributed by atoms with van der Waals surface area (Å²) < 4.78 is 40.0. The number of anilines is 2. The third-order valence-electron chi connectivity index (χ3n) is 6.21. The van der Waals surface area contributed by atoms with Gasteiger partial charge in [-0.15, -0.1) is 0 Å². The van der Waals surface area contributed by atoms with Gasteiger partial charge in [0.2, 0.25) is 5.95 Å². The second-order valence-corrected chi connectivity index (χ2v) is 8.06. The van der Waals surface area contributed by atoms with Crippen molar-refractivity contribution in [3.63, 3.8) is 0 Å². The molecule has 2 N–H and O–H groups in total. The van der Waals surface area contributed by atoms with Gasteiger partial charge in [0.15, 0.2) is 5.69 Å². The van der Waals surface area contributed by atoms with Crippen LogP contribution in [0.4, 0.5) is 24.9 Å². The third-order valence-corrected chi connectivity index (χ3v) is 6.21. The fourth-order valence-corrected chi connectivity index (χ4v) is 4.28. The van der Waals surface area contributed by atoms with Crippen LogP contribution in [0.15, 0.2) is 6.07 Å². The van der Waals surface area contributed by atoms with E-state index in [4.69, 9.17) is 5.11 Å². The molecule has 0 aromatic carbocycles. The fraction of sp³-hybridized carbons (Fsp3) is 0.706. The standard InChI is InChI=1S/C17H21F3N4O3/c1-8-16(2,27)7-24(8)15-21-12(17(18,19)20)4-13(22-15)23-5-10-9(3-14(25)26)11(10)6-23/h4,8-11,27H,3,5-7H2,1-2H3,(H,25,26)/t8-,9?,10?,11?,16+/m0/s1. The topological polar surface area (TPSA) is 89.8 Å². The molecule has 1 saturated carbocycles. The SMILES string of the molecule is C[C@@H]1N(c2nc(N3CC4C(CC(=O)O)C4C3)cc(C(F)(F)F)n2)C[C@@]1(C)O. The molecule has 4 atom stereocenters. The van der Waals surface area contributed by atoms with Gasteiger partial charge < -0.3 is 20.0 Å². The van der Waals surface area contributed by atoms with Crippen LogP contribution in [0.5, 0.6) is 0 Å². The fourth-order valence-electron chi connectivity index (χ4n) is 4.28. The van der Waals surface area contributed by atoms with Crippen LogP contribution in [0.25, 0.3) is 0 Å². The Morgan fingerprint density at radius 2 is 1.96 bits per heavy atom. The van der Waals surface area contributed by atoms with Gasteiger partial charge >= 0.3 is 12.1 Å². The number of nitrogens with zero attached hydrogens (tertiary/aromatic N) is 4. The Balaban J connectivity index is 1.57. The first-order chi connectivity index (χ1) is 12.5. The maximum atomic E-state index is 13.3. The van der Waals surface area contributed by atoms with E-state index in [9.17, 15) is 23.1 Å². The Morgan fingerprint density at radius 3 is 2.44 bits per heavy atom. The van der Waals surface area contributed by atoms with Crippen LogP contribution in [-0.4, -0.2) is 57.4 Å². The van der Waals surface area contributed by atoms with E-state index >= 15 is 0 Å². The molecule has 2 unspecified atom stereocenters. The number of alkyl halides is 3. The Labute approximate surface area is 153 Å². The van der Waals surface area contributed by atoms with E-state index in [1.165, 1.54) is 0 Å². The number of piperidine rings is 1. The molecule has 2 aliphatic heterocycles. The number of carboxylic acid groups (broad SMARTS) is 1.